The topological polar surface area (TPSA) is 40.5 Å². The summed E-state index contributed by atoms with van der Waals surface area (Å²) < 4.78 is 40.6. The fourth-order valence-corrected chi connectivity index (χ4v) is 3.52. The zero-order chi connectivity index (χ0) is 13.3. The summed E-state index contributed by atoms with van der Waals surface area (Å²) in [4.78, 5) is 0. The van der Waals surface area contributed by atoms with Crippen LogP contribution in [-0.2, 0) is 0 Å². The van der Waals surface area contributed by atoms with Gasteiger partial charge in [-0.25, -0.2) is 13.2 Å². The van der Waals surface area contributed by atoms with Crippen LogP contribution in [0.15, 0.2) is 0 Å². The van der Waals surface area contributed by atoms with Gasteiger partial charge >= 0.3 is 7.12 Å². The van der Waals surface area contributed by atoms with Gasteiger partial charge in [0.2, 0.25) is 0 Å². The van der Waals surface area contributed by atoms with Crippen LogP contribution in [0.2, 0.25) is 5.82 Å². The summed E-state index contributed by atoms with van der Waals surface area (Å²) >= 11 is 0. The first-order chi connectivity index (χ1) is 8.49. The van der Waals surface area contributed by atoms with Crippen molar-refractivity contribution in [2.24, 2.45) is 11.8 Å². The Kier molecular flexibility index (Phi) is 4.59. The highest BCUT2D eigenvalue weighted by Crippen LogP contribution is 2.45. The highest BCUT2D eigenvalue weighted by atomic mass is 19.1. The molecule has 0 aromatic rings. The number of hydrogen-bond donors (Lipinski definition) is 2. The average molecular weight is 264 g/mol. The van der Waals surface area contributed by atoms with E-state index in [1.807, 2.05) is 0 Å². The number of alkyl halides is 3. The van der Waals surface area contributed by atoms with Gasteiger partial charge in [-0.1, -0.05) is 0 Å². The van der Waals surface area contributed by atoms with Gasteiger partial charge in [0.25, 0.3) is 0 Å². The summed E-state index contributed by atoms with van der Waals surface area (Å²) in [5.41, 5.74) is 0. The van der Waals surface area contributed by atoms with Gasteiger partial charge in [0, 0.05) is 0 Å². The third-order valence-electron chi connectivity index (χ3n) is 4.60. The molecular weight excluding hydrogens is 244 g/mol. The fraction of sp³-hybridized carbons (Fsp3) is 1.00. The highest BCUT2D eigenvalue weighted by molar-refractivity contribution is 6.43. The van der Waals surface area contributed by atoms with Gasteiger partial charge in [0.15, 0.2) is 0 Å². The van der Waals surface area contributed by atoms with Crippen LogP contribution >= 0.6 is 0 Å². The van der Waals surface area contributed by atoms with Crippen LogP contribution in [0.1, 0.15) is 38.5 Å². The van der Waals surface area contributed by atoms with Crippen molar-refractivity contribution >= 4 is 7.12 Å². The molecule has 2 aliphatic rings. The molecule has 2 rings (SSSR count). The standard InChI is InChI=1S/C12H20BF3O2/c14-9-3-1-7(2-4-9)8-5-10(15)12(13(17)18)11(16)6-8/h7-12,17-18H,1-6H2. The predicted octanol–water partition coefficient (Wildman–Crippen LogP) is 2.44. The van der Waals surface area contributed by atoms with Crippen molar-refractivity contribution in [3.8, 4) is 0 Å². The van der Waals surface area contributed by atoms with Crippen LogP contribution in [0.5, 0.6) is 0 Å². The first-order valence-electron chi connectivity index (χ1n) is 6.77. The minimum absolute atomic E-state index is 0.0856. The molecule has 0 spiro atoms. The molecule has 0 aromatic carbocycles. The molecule has 0 amide bonds. The van der Waals surface area contributed by atoms with E-state index in [0.717, 1.165) is 0 Å². The molecule has 2 unspecified atom stereocenters. The third-order valence-corrected chi connectivity index (χ3v) is 4.60. The lowest BCUT2D eigenvalue weighted by molar-refractivity contribution is 0.0543. The fourth-order valence-electron chi connectivity index (χ4n) is 3.52. The Hall–Kier alpha value is -0.225. The van der Waals surface area contributed by atoms with Crippen LogP contribution in [-0.4, -0.2) is 35.7 Å². The largest absolute Gasteiger partial charge is 0.460 e. The lowest BCUT2D eigenvalue weighted by Crippen LogP contribution is -2.42. The van der Waals surface area contributed by atoms with Crippen molar-refractivity contribution < 1.29 is 23.2 Å². The van der Waals surface area contributed by atoms with Crippen molar-refractivity contribution in [2.45, 2.75) is 62.9 Å². The smallest absolute Gasteiger partial charge is 0.427 e. The van der Waals surface area contributed by atoms with E-state index >= 15 is 0 Å². The maximum absolute atomic E-state index is 13.8. The minimum Gasteiger partial charge on any atom is -0.427 e. The maximum atomic E-state index is 13.8. The summed E-state index contributed by atoms with van der Waals surface area (Å²) in [6, 6.07) is 0. The second kappa shape index (κ2) is 5.82. The molecule has 2 N–H and O–H groups in total. The molecule has 104 valence electrons. The molecule has 0 saturated heterocycles. The van der Waals surface area contributed by atoms with E-state index in [9.17, 15) is 13.2 Å². The Labute approximate surface area is 106 Å². The summed E-state index contributed by atoms with van der Waals surface area (Å²) in [6.45, 7) is 0. The van der Waals surface area contributed by atoms with E-state index in [4.69, 9.17) is 10.0 Å². The molecule has 0 heterocycles. The zero-order valence-corrected chi connectivity index (χ0v) is 10.3. The second-order valence-corrected chi connectivity index (χ2v) is 5.77. The van der Waals surface area contributed by atoms with Gasteiger partial charge in [-0.3, -0.25) is 0 Å². The van der Waals surface area contributed by atoms with Crippen molar-refractivity contribution in [1.29, 1.82) is 0 Å². The molecule has 2 aliphatic carbocycles. The maximum Gasteiger partial charge on any atom is 0.460 e. The summed E-state index contributed by atoms with van der Waals surface area (Å²) in [7, 11) is -1.93. The van der Waals surface area contributed by atoms with Crippen LogP contribution in [0.4, 0.5) is 13.2 Å². The molecule has 0 radical (unpaired) electrons. The average Bonchev–Trinajstić information content (AvgIpc) is 2.28. The summed E-state index contributed by atoms with van der Waals surface area (Å²) in [6.07, 6.45) is -1.09. The molecule has 6 heteroatoms. The van der Waals surface area contributed by atoms with Gasteiger partial charge in [-0.05, 0) is 50.4 Å². The van der Waals surface area contributed by atoms with E-state index in [-0.39, 0.29) is 24.7 Å². The summed E-state index contributed by atoms with van der Waals surface area (Å²) in [5.74, 6) is -1.22. The van der Waals surface area contributed by atoms with E-state index < -0.39 is 31.5 Å². The van der Waals surface area contributed by atoms with Crippen molar-refractivity contribution in [3.63, 3.8) is 0 Å². The first-order valence-corrected chi connectivity index (χ1v) is 6.77. The molecule has 0 bridgehead atoms. The monoisotopic (exact) mass is 264 g/mol. The molecule has 2 nitrogen and oxygen atoms in total. The molecule has 2 saturated carbocycles. The molecular formula is C12H20BF3O2. The van der Waals surface area contributed by atoms with Crippen LogP contribution in [0, 0.1) is 11.8 Å². The van der Waals surface area contributed by atoms with Gasteiger partial charge in [0.05, 0.1) is 5.82 Å². The first kappa shape index (κ1) is 14.2. The van der Waals surface area contributed by atoms with Gasteiger partial charge < -0.3 is 10.0 Å². The Morgan fingerprint density at radius 1 is 0.778 bits per heavy atom. The Balaban J connectivity index is 1.93. The Morgan fingerprint density at radius 3 is 1.72 bits per heavy atom. The lowest BCUT2D eigenvalue weighted by Gasteiger charge is -2.39. The van der Waals surface area contributed by atoms with Crippen LogP contribution in [0.3, 0.4) is 0 Å². The quantitative estimate of drug-likeness (QED) is 0.752. The molecule has 2 atom stereocenters. The predicted molar refractivity (Wildman–Crippen MR) is 63.3 cm³/mol. The van der Waals surface area contributed by atoms with Crippen molar-refractivity contribution in [2.75, 3.05) is 0 Å². The highest BCUT2D eigenvalue weighted by Gasteiger charge is 2.46. The van der Waals surface area contributed by atoms with Crippen molar-refractivity contribution in [1.82, 2.24) is 0 Å². The molecule has 0 aromatic heterocycles. The third kappa shape index (κ3) is 3.02. The Morgan fingerprint density at radius 2 is 1.28 bits per heavy atom. The number of hydrogen-bond acceptors (Lipinski definition) is 2. The molecule has 0 aliphatic heterocycles. The normalized spacial score (nSPS) is 45.8. The molecule has 18 heavy (non-hydrogen) atoms. The number of rotatable bonds is 2. The van der Waals surface area contributed by atoms with Crippen LogP contribution in [0.25, 0.3) is 0 Å². The van der Waals surface area contributed by atoms with E-state index in [2.05, 4.69) is 0 Å². The molecule has 2 fully saturated rings. The minimum atomic E-state index is -1.93. The van der Waals surface area contributed by atoms with Gasteiger partial charge in [0.1, 0.15) is 18.5 Å². The van der Waals surface area contributed by atoms with E-state index in [0.29, 0.717) is 25.7 Å². The Bertz CT molecular complexity index is 260. The van der Waals surface area contributed by atoms with Gasteiger partial charge in [-0.2, -0.15) is 0 Å². The number of halogens is 3. The van der Waals surface area contributed by atoms with Crippen molar-refractivity contribution in [3.05, 3.63) is 0 Å². The van der Waals surface area contributed by atoms with Gasteiger partial charge in [-0.15, -0.1) is 0 Å². The summed E-state index contributed by atoms with van der Waals surface area (Å²) in [5, 5.41) is 18.0. The SMILES string of the molecule is OB(O)C1C(F)CC(C2CCC(F)CC2)CC1F. The zero-order valence-electron chi connectivity index (χ0n) is 10.3. The van der Waals surface area contributed by atoms with Crippen LogP contribution < -0.4 is 0 Å². The lowest BCUT2D eigenvalue weighted by atomic mass is 9.59. The second-order valence-electron chi connectivity index (χ2n) is 5.77. The van der Waals surface area contributed by atoms with E-state index in [1.54, 1.807) is 0 Å². The van der Waals surface area contributed by atoms with E-state index in [1.165, 1.54) is 0 Å².